The first-order valence-electron chi connectivity index (χ1n) is 5.61. The van der Waals surface area contributed by atoms with Crippen LogP contribution in [0.15, 0.2) is 16.6 Å². The Hall–Kier alpha value is -1.63. The van der Waals surface area contributed by atoms with E-state index >= 15 is 0 Å². The van der Waals surface area contributed by atoms with Crippen molar-refractivity contribution in [3.05, 3.63) is 28.0 Å². The predicted octanol–water partition coefficient (Wildman–Crippen LogP) is 2.88. The molecule has 19 heavy (non-hydrogen) atoms. The zero-order chi connectivity index (χ0) is 14.6. The third kappa shape index (κ3) is 4.20. The van der Waals surface area contributed by atoms with Gasteiger partial charge in [0.25, 0.3) is 0 Å². The molecule has 0 aromatic heterocycles. The molecule has 0 heterocycles. The van der Waals surface area contributed by atoms with Crippen LogP contribution in [0.25, 0.3) is 0 Å². The Morgan fingerprint density at radius 3 is 2.63 bits per heavy atom. The van der Waals surface area contributed by atoms with Crippen LogP contribution in [0.1, 0.15) is 18.9 Å². The molecule has 1 rings (SSSR count). The van der Waals surface area contributed by atoms with Crippen LogP contribution in [0.2, 0.25) is 0 Å². The lowest BCUT2D eigenvalue weighted by molar-refractivity contribution is -0.139. The van der Waals surface area contributed by atoms with Gasteiger partial charge in [-0.15, -0.1) is 0 Å². The minimum atomic E-state index is -1.11. The molecule has 0 unspecified atom stereocenters. The summed E-state index contributed by atoms with van der Waals surface area (Å²) in [5.41, 5.74) is 0.949. The topological polar surface area (TPSA) is 78.4 Å². The van der Waals surface area contributed by atoms with Crippen LogP contribution in [0, 0.1) is 12.7 Å². The van der Waals surface area contributed by atoms with Gasteiger partial charge in [-0.3, -0.25) is 0 Å². The number of hydrogen-bond donors (Lipinski definition) is 3. The molecule has 0 aliphatic rings. The highest BCUT2D eigenvalue weighted by atomic mass is 79.9. The average Bonchev–Trinajstić information content (AvgIpc) is 2.32. The number of aliphatic carboxylic acids is 1. The molecule has 3 N–H and O–H groups in total. The monoisotopic (exact) mass is 332 g/mol. The molecular weight excluding hydrogens is 319 g/mol. The first-order chi connectivity index (χ1) is 8.85. The van der Waals surface area contributed by atoms with Crippen molar-refractivity contribution in [2.24, 2.45) is 0 Å². The summed E-state index contributed by atoms with van der Waals surface area (Å²) in [5.74, 6) is -1.62. The fourth-order valence-corrected chi connectivity index (χ4v) is 1.89. The summed E-state index contributed by atoms with van der Waals surface area (Å²) in [5, 5.41) is 13.5. The van der Waals surface area contributed by atoms with Crippen LogP contribution < -0.4 is 10.6 Å². The van der Waals surface area contributed by atoms with Gasteiger partial charge in [-0.25, -0.2) is 14.0 Å². The quantitative estimate of drug-likeness (QED) is 0.793. The largest absolute Gasteiger partial charge is 0.480 e. The minimum Gasteiger partial charge on any atom is -0.480 e. The number of aryl methyl sites for hydroxylation is 1. The Morgan fingerprint density at radius 2 is 2.11 bits per heavy atom. The Balaban J connectivity index is 2.77. The second-order valence-corrected chi connectivity index (χ2v) is 4.83. The number of hydrogen-bond acceptors (Lipinski definition) is 2. The van der Waals surface area contributed by atoms with Gasteiger partial charge in [-0.05, 0) is 47.0 Å². The number of urea groups is 1. The summed E-state index contributed by atoms with van der Waals surface area (Å²) in [7, 11) is 0. The first kappa shape index (κ1) is 15.4. The van der Waals surface area contributed by atoms with Crippen molar-refractivity contribution in [3.63, 3.8) is 0 Å². The van der Waals surface area contributed by atoms with Crippen molar-refractivity contribution in [2.45, 2.75) is 26.3 Å². The Labute approximate surface area is 118 Å². The third-order valence-corrected chi connectivity index (χ3v) is 3.13. The van der Waals surface area contributed by atoms with Crippen LogP contribution in [-0.2, 0) is 4.79 Å². The van der Waals surface area contributed by atoms with Crippen LogP contribution in [0.3, 0.4) is 0 Å². The lowest BCUT2D eigenvalue weighted by Crippen LogP contribution is -2.42. The molecule has 7 heteroatoms. The van der Waals surface area contributed by atoms with E-state index in [9.17, 15) is 14.0 Å². The van der Waals surface area contributed by atoms with E-state index in [4.69, 9.17) is 5.11 Å². The lowest BCUT2D eigenvalue weighted by atomic mass is 10.2. The second-order valence-electron chi connectivity index (χ2n) is 3.98. The summed E-state index contributed by atoms with van der Waals surface area (Å²) in [4.78, 5) is 22.4. The van der Waals surface area contributed by atoms with Gasteiger partial charge in [0.15, 0.2) is 0 Å². The number of anilines is 1. The molecule has 0 bridgehead atoms. The van der Waals surface area contributed by atoms with Crippen molar-refractivity contribution in [1.82, 2.24) is 5.32 Å². The number of rotatable bonds is 4. The molecule has 1 atom stereocenters. The Morgan fingerprint density at radius 1 is 1.47 bits per heavy atom. The van der Waals surface area contributed by atoms with Crippen LogP contribution >= 0.6 is 15.9 Å². The molecule has 0 spiro atoms. The molecule has 0 aliphatic carbocycles. The number of nitrogens with one attached hydrogen (secondary N) is 2. The zero-order valence-corrected chi connectivity index (χ0v) is 12.0. The van der Waals surface area contributed by atoms with E-state index in [0.29, 0.717) is 15.7 Å². The van der Waals surface area contributed by atoms with Crippen molar-refractivity contribution in [2.75, 3.05) is 5.32 Å². The van der Waals surface area contributed by atoms with E-state index in [2.05, 4.69) is 26.6 Å². The van der Waals surface area contributed by atoms with Gasteiger partial charge in [0.2, 0.25) is 0 Å². The molecule has 0 radical (unpaired) electrons. The highest BCUT2D eigenvalue weighted by Crippen LogP contribution is 2.23. The maximum Gasteiger partial charge on any atom is 0.326 e. The molecule has 1 aromatic rings. The van der Waals surface area contributed by atoms with Crippen LogP contribution in [-0.4, -0.2) is 23.1 Å². The van der Waals surface area contributed by atoms with Gasteiger partial charge in [0, 0.05) is 5.69 Å². The van der Waals surface area contributed by atoms with Gasteiger partial charge in [-0.2, -0.15) is 0 Å². The number of halogens is 2. The number of benzene rings is 1. The molecule has 0 saturated heterocycles. The fourth-order valence-electron chi connectivity index (χ4n) is 1.44. The first-order valence-corrected chi connectivity index (χ1v) is 6.40. The summed E-state index contributed by atoms with van der Waals surface area (Å²) >= 11 is 3.04. The number of amides is 2. The van der Waals surface area contributed by atoms with E-state index in [1.807, 2.05) is 0 Å². The van der Waals surface area contributed by atoms with E-state index < -0.39 is 23.9 Å². The van der Waals surface area contributed by atoms with E-state index in [-0.39, 0.29) is 6.42 Å². The molecule has 104 valence electrons. The fraction of sp³-hybridized carbons (Fsp3) is 0.333. The SMILES string of the molecule is CC[C@@H](NC(=O)Nc1cc(F)c(Br)cc1C)C(=O)O. The van der Waals surface area contributed by atoms with Gasteiger partial charge in [0.1, 0.15) is 11.9 Å². The highest BCUT2D eigenvalue weighted by molar-refractivity contribution is 9.10. The third-order valence-electron chi connectivity index (χ3n) is 2.53. The van der Waals surface area contributed by atoms with Gasteiger partial charge in [-0.1, -0.05) is 6.92 Å². The summed E-state index contributed by atoms with van der Waals surface area (Å²) in [6.07, 6.45) is 0.260. The highest BCUT2D eigenvalue weighted by Gasteiger charge is 2.18. The van der Waals surface area contributed by atoms with Crippen LogP contribution in [0.4, 0.5) is 14.9 Å². The zero-order valence-electron chi connectivity index (χ0n) is 10.5. The summed E-state index contributed by atoms with van der Waals surface area (Å²) in [6, 6.07) is 1.04. The number of carboxylic acids is 1. The molecule has 1 aromatic carbocycles. The Kier molecular flexibility index (Phi) is 5.29. The van der Waals surface area contributed by atoms with E-state index in [1.54, 1.807) is 13.8 Å². The molecule has 0 saturated carbocycles. The average molecular weight is 333 g/mol. The molecule has 2 amide bonds. The predicted molar refractivity (Wildman–Crippen MR) is 72.7 cm³/mol. The van der Waals surface area contributed by atoms with Crippen molar-refractivity contribution in [3.8, 4) is 0 Å². The second kappa shape index (κ2) is 6.51. The smallest absolute Gasteiger partial charge is 0.326 e. The number of carboxylic acid groups (broad SMARTS) is 1. The number of carbonyl (C=O) groups excluding carboxylic acids is 1. The lowest BCUT2D eigenvalue weighted by Gasteiger charge is -2.14. The van der Waals surface area contributed by atoms with Crippen molar-refractivity contribution < 1.29 is 19.1 Å². The van der Waals surface area contributed by atoms with E-state index in [0.717, 1.165) is 0 Å². The normalized spacial score (nSPS) is 11.8. The standard InChI is InChI=1S/C12H14BrFN2O3/c1-3-9(11(17)18)15-12(19)16-10-5-8(14)7(13)4-6(10)2/h4-5,9H,3H2,1-2H3,(H,17,18)(H2,15,16,19)/t9-/m1/s1. The summed E-state index contributed by atoms with van der Waals surface area (Å²) < 4.78 is 13.7. The molecule has 0 fully saturated rings. The number of carbonyl (C=O) groups is 2. The molecule has 5 nitrogen and oxygen atoms in total. The molecular formula is C12H14BrFN2O3. The van der Waals surface area contributed by atoms with Gasteiger partial charge >= 0.3 is 12.0 Å². The summed E-state index contributed by atoms with van der Waals surface area (Å²) in [6.45, 7) is 3.35. The van der Waals surface area contributed by atoms with Crippen molar-refractivity contribution in [1.29, 1.82) is 0 Å². The van der Waals surface area contributed by atoms with Gasteiger partial charge in [0.05, 0.1) is 4.47 Å². The maximum absolute atomic E-state index is 13.4. The Bertz CT molecular complexity index is 508. The van der Waals surface area contributed by atoms with Crippen molar-refractivity contribution >= 4 is 33.6 Å². The van der Waals surface area contributed by atoms with Crippen LogP contribution in [0.5, 0.6) is 0 Å². The molecule has 0 aliphatic heterocycles. The van der Waals surface area contributed by atoms with E-state index in [1.165, 1.54) is 12.1 Å². The maximum atomic E-state index is 13.4. The van der Waals surface area contributed by atoms with Gasteiger partial charge < -0.3 is 15.7 Å². The minimum absolute atomic E-state index is 0.260.